The van der Waals surface area contributed by atoms with Crippen LogP contribution in [0.25, 0.3) is 6.08 Å². The lowest BCUT2D eigenvalue weighted by Gasteiger charge is -2.24. The van der Waals surface area contributed by atoms with Crippen LogP contribution in [0, 0.1) is 5.82 Å². The van der Waals surface area contributed by atoms with Gasteiger partial charge in [-0.25, -0.2) is 14.2 Å². The molecule has 0 saturated heterocycles. The molecule has 5 rings (SSSR count). The van der Waals surface area contributed by atoms with E-state index in [9.17, 15) is 14.0 Å². The minimum Gasteiger partial charge on any atom is -0.488 e. The van der Waals surface area contributed by atoms with E-state index in [0.29, 0.717) is 36.9 Å². The van der Waals surface area contributed by atoms with Crippen molar-refractivity contribution < 1.29 is 18.7 Å². The maximum absolute atomic E-state index is 14.3. The van der Waals surface area contributed by atoms with E-state index in [4.69, 9.17) is 32.7 Å². The Morgan fingerprint density at radius 3 is 2.63 bits per heavy atom. The lowest BCUT2D eigenvalue weighted by Crippen LogP contribution is -2.39. The third-order valence-electron chi connectivity index (χ3n) is 6.39. The fourth-order valence-electron chi connectivity index (χ4n) is 4.48. The SMILES string of the molecule is CCOC(=O)C1=C(C)N=c2s/c(=C/c3cc(Br)ccc3OCc3c(F)cccc3Cl)c(=O)n2[C@@H]1c1ccc(Cl)cc1. The first kappa shape index (κ1) is 29.3. The van der Waals surface area contributed by atoms with Crippen molar-refractivity contribution in [1.82, 2.24) is 4.57 Å². The van der Waals surface area contributed by atoms with Gasteiger partial charge in [0, 0.05) is 20.6 Å². The zero-order valence-corrected chi connectivity index (χ0v) is 25.7. The highest BCUT2D eigenvalue weighted by Gasteiger charge is 2.33. The molecule has 210 valence electrons. The molecule has 0 aliphatic carbocycles. The molecule has 1 aliphatic rings. The van der Waals surface area contributed by atoms with Gasteiger partial charge in [0.1, 0.15) is 18.2 Å². The van der Waals surface area contributed by atoms with E-state index in [1.807, 2.05) is 0 Å². The highest BCUT2D eigenvalue weighted by atomic mass is 79.9. The Hall–Kier alpha value is -3.24. The first-order valence-electron chi connectivity index (χ1n) is 12.5. The van der Waals surface area contributed by atoms with Gasteiger partial charge >= 0.3 is 5.97 Å². The van der Waals surface area contributed by atoms with Gasteiger partial charge in [-0.1, -0.05) is 68.7 Å². The summed E-state index contributed by atoms with van der Waals surface area (Å²) >= 11 is 17.0. The van der Waals surface area contributed by atoms with Crippen molar-refractivity contribution in [2.45, 2.75) is 26.5 Å². The molecule has 1 atom stereocenters. The van der Waals surface area contributed by atoms with E-state index in [1.165, 1.54) is 28.0 Å². The van der Waals surface area contributed by atoms with Gasteiger partial charge in [0.05, 0.1) is 33.5 Å². The summed E-state index contributed by atoms with van der Waals surface area (Å²) in [5.41, 5.74) is 1.90. The number of fused-ring (bicyclic) bond motifs is 1. The van der Waals surface area contributed by atoms with E-state index in [0.717, 1.165) is 4.47 Å². The molecule has 0 bridgehead atoms. The van der Waals surface area contributed by atoms with E-state index in [1.54, 1.807) is 68.5 Å². The van der Waals surface area contributed by atoms with Crippen molar-refractivity contribution in [2.75, 3.05) is 6.61 Å². The Kier molecular flexibility index (Phi) is 8.79. The minimum absolute atomic E-state index is 0.103. The number of carbonyl (C=O) groups is 1. The number of aromatic nitrogens is 1. The van der Waals surface area contributed by atoms with Gasteiger partial charge in [0.25, 0.3) is 5.56 Å². The van der Waals surface area contributed by atoms with Crippen molar-refractivity contribution in [3.05, 3.63) is 129 Å². The molecule has 0 fully saturated rings. The molecule has 11 heteroatoms. The number of benzene rings is 3. The molecule has 0 unspecified atom stereocenters. The fourth-order valence-corrected chi connectivity index (χ4v) is 6.24. The summed E-state index contributed by atoms with van der Waals surface area (Å²) in [6.45, 7) is 3.52. The Labute approximate surface area is 257 Å². The fraction of sp³-hybridized carbons (Fsp3) is 0.167. The average molecular weight is 676 g/mol. The molecule has 0 saturated carbocycles. The van der Waals surface area contributed by atoms with Crippen molar-refractivity contribution in [2.24, 2.45) is 4.99 Å². The third kappa shape index (κ3) is 6.04. The number of allylic oxidation sites excluding steroid dienone is 1. The second kappa shape index (κ2) is 12.3. The smallest absolute Gasteiger partial charge is 0.338 e. The predicted octanol–water partition coefficient (Wildman–Crippen LogP) is 6.59. The number of hydrogen-bond acceptors (Lipinski definition) is 6. The predicted molar refractivity (Wildman–Crippen MR) is 162 cm³/mol. The number of nitrogens with zero attached hydrogens (tertiary/aromatic N) is 2. The van der Waals surface area contributed by atoms with Crippen LogP contribution in [-0.2, 0) is 16.1 Å². The third-order valence-corrected chi connectivity index (χ3v) is 8.48. The van der Waals surface area contributed by atoms with Crippen molar-refractivity contribution in [3.63, 3.8) is 0 Å². The Balaban J connectivity index is 1.62. The molecule has 41 heavy (non-hydrogen) atoms. The van der Waals surface area contributed by atoms with Crippen molar-refractivity contribution in [3.8, 4) is 5.75 Å². The van der Waals surface area contributed by atoms with Crippen LogP contribution in [0.5, 0.6) is 5.75 Å². The van der Waals surface area contributed by atoms with Crippen LogP contribution in [0.1, 0.15) is 36.6 Å². The molecule has 6 nitrogen and oxygen atoms in total. The second-order valence-corrected chi connectivity index (χ2v) is 11.8. The summed E-state index contributed by atoms with van der Waals surface area (Å²) in [6.07, 6.45) is 1.69. The van der Waals surface area contributed by atoms with Crippen molar-refractivity contribution in [1.29, 1.82) is 0 Å². The monoisotopic (exact) mass is 674 g/mol. The number of rotatable bonds is 7. The van der Waals surface area contributed by atoms with Crippen LogP contribution in [0.2, 0.25) is 10.0 Å². The Morgan fingerprint density at radius 1 is 1.17 bits per heavy atom. The van der Waals surface area contributed by atoms with Gasteiger partial charge < -0.3 is 9.47 Å². The zero-order valence-electron chi connectivity index (χ0n) is 21.8. The lowest BCUT2D eigenvalue weighted by atomic mass is 9.96. The second-order valence-electron chi connectivity index (χ2n) is 9.02. The molecule has 0 radical (unpaired) electrons. The summed E-state index contributed by atoms with van der Waals surface area (Å²) in [5.74, 6) is -0.590. The molecule has 4 aromatic rings. The first-order valence-corrected chi connectivity index (χ1v) is 14.8. The van der Waals surface area contributed by atoms with E-state index in [-0.39, 0.29) is 34.9 Å². The standard InChI is InChI=1S/C30H22BrCl2FN2O4S/c1-3-39-29(38)26-16(2)35-30-36(27(26)17-7-10-20(32)11-8-17)28(37)25(41-30)14-18-13-19(31)9-12-24(18)40-15-21-22(33)5-4-6-23(21)34/h4-14,27H,3,15H2,1-2H3/b25-14+/t27-/m1/s1. The van der Waals surface area contributed by atoms with Gasteiger partial charge in [-0.2, -0.15) is 0 Å². The van der Waals surface area contributed by atoms with Gasteiger partial charge in [-0.15, -0.1) is 0 Å². The Bertz CT molecular complexity index is 1850. The first-order chi connectivity index (χ1) is 19.7. The van der Waals surface area contributed by atoms with Crippen LogP contribution in [0.15, 0.2) is 86.2 Å². The van der Waals surface area contributed by atoms with Crippen LogP contribution < -0.4 is 19.6 Å². The lowest BCUT2D eigenvalue weighted by molar-refractivity contribution is -0.139. The number of halogens is 4. The van der Waals surface area contributed by atoms with Crippen LogP contribution in [0.4, 0.5) is 4.39 Å². The molecule has 3 aromatic carbocycles. The molecular formula is C30H22BrCl2FN2O4S. The molecular weight excluding hydrogens is 654 g/mol. The molecule has 2 heterocycles. The number of thiazole rings is 1. The Morgan fingerprint density at radius 2 is 1.93 bits per heavy atom. The largest absolute Gasteiger partial charge is 0.488 e. The summed E-state index contributed by atoms with van der Waals surface area (Å²) < 4.78 is 28.3. The molecule has 0 spiro atoms. The van der Waals surface area contributed by atoms with Gasteiger partial charge in [-0.3, -0.25) is 9.36 Å². The van der Waals surface area contributed by atoms with Crippen LogP contribution in [-0.4, -0.2) is 17.1 Å². The number of ether oxygens (including phenoxy) is 2. The van der Waals surface area contributed by atoms with Crippen LogP contribution >= 0.6 is 50.5 Å². The topological polar surface area (TPSA) is 69.9 Å². The maximum atomic E-state index is 14.3. The van der Waals surface area contributed by atoms with Crippen molar-refractivity contribution >= 4 is 62.5 Å². The minimum atomic E-state index is -0.758. The summed E-state index contributed by atoms with van der Waals surface area (Å²) in [4.78, 5) is 32.0. The highest BCUT2D eigenvalue weighted by Crippen LogP contribution is 2.32. The van der Waals surface area contributed by atoms with E-state index >= 15 is 0 Å². The van der Waals surface area contributed by atoms with Crippen LogP contribution in [0.3, 0.4) is 0 Å². The number of carbonyl (C=O) groups excluding carboxylic acids is 1. The summed E-state index contributed by atoms with van der Waals surface area (Å²) in [6, 6.07) is 15.9. The molecule has 0 amide bonds. The maximum Gasteiger partial charge on any atom is 0.338 e. The highest BCUT2D eigenvalue weighted by molar-refractivity contribution is 9.10. The van der Waals surface area contributed by atoms with Gasteiger partial charge in [0.2, 0.25) is 0 Å². The number of esters is 1. The zero-order chi connectivity index (χ0) is 29.3. The number of hydrogen-bond donors (Lipinski definition) is 0. The van der Waals surface area contributed by atoms with Gasteiger partial charge in [-0.05, 0) is 68.0 Å². The summed E-state index contributed by atoms with van der Waals surface area (Å²) in [5, 5.41) is 0.783. The van der Waals surface area contributed by atoms with E-state index < -0.39 is 17.8 Å². The summed E-state index contributed by atoms with van der Waals surface area (Å²) in [7, 11) is 0. The molecule has 0 N–H and O–H groups in total. The molecule has 1 aliphatic heterocycles. The average Bonchev–Trinajstić information content (AvgIpc) is 3.23. The quantitative estimate of drug-likeness (QED) is 0.208. The molecule has 1 aromatic heterocycles. The van der Waals surface area contributed by atoms with E-state index in [2.05, 4.69) is 20.9 Å². The van der Waals surface area contributed by atoms with Gasteiger partial charge in [0.15, 0.2) is 4.80 Å². The normalized spacial score (nSPS) is 15.0.